The highest BCUT2D eigenvalue weighted by atomic mass is 16.2. The summed E-state index contributed by atoms with van der Waals surface area (Å²) in [5.41, 5.74) is 5.91. The van der Waals surface area contributed by atoms with Crippen LogP contribution in [-0.2, 0) is 17.9 Å². The number of carbonyl (C=O) groups excluding carboxylic acids is 1. The van der Waals surface area contributed by atoms with Crippen molar-refractivity contribution in [3.8, 4) is 0 Å². The van der Waals surface area contributed by atoms with Crippen molar-refractivity contribution in [1.82, 2.24) is 14.9 Å². The van der Waals surface area contributed by atoms with Crippen LogP contribution in [-0.4, -0.2) is 15.5 Å². The molecule has 0 atom stereocenters. The Morgan fingerprint density at radius 3 is 2.80 bits per heavy atom. The Kier molecular flexibility index (Phi) is 4.04. The zero-order valence-electron chi connectivity index (χ0n) is 14.7. The molecule has 0 radical (unpaired) electrons. The first kappa shape index (κ1) is 15.9. The van der Waals surface area contributed by atoms with Gasteiger partial charge in [0.2, 0.25) is 5.91 Å². The van der Waals surface area contributed by atoms with Crippen molar-refractivity contribution < 1.29 is 4.79 Å². The molecule has 0 aliphatic heterocycles. The normalized spacial score (nSPS) is 14.0. The van der Waals surface area contributed by atoms with Crippen molar-refractivity contribution in [3.05, 3.63) is 65.0 Å². The number of hydrogen-bond donors (Lipinski definition) is 1. The molecule has 0 saturated heterocycles. The van der Waals surface area contributed by atoms with Crippen LogP contribution in [0.5, 0.6) is 0 Å². The highest BCUT2D eigenvalue weighted by Gasteiger charge is 2.29. The molecule has 2 aromatic carbocycles. The number of rotatable bonds is 5. The van der Waals surface area contributed by atoms with Crippen LogP contribution in [0.4, 0.5) is 0 Å². The molecular formula is C21H23N3O. The lowest BCUT2D eigenvalue weighted by Gasteiger charge is -2.13. The van der Waals surface area contributed by atoms with Crippen LogP contribution in [0, 0.1) is 19.8 Å². The molecule has 0 bridgehead atoms. The first-order chi connectivity index (χ1) is 12.1. The topological polar surface area (TPSA) is 46.9 Å². The SMILES string of the molecule is Cc1ccc(C)c(Cn2c(CNC(=O)C3CC3)nc3ccccc32)c1. The molecule has 128 valence electrons. The number of carbonyl (C=O) groups is 1. The number of nitrogens with zero attached hydrogens (tertiary/aromatic N) is 2. The number of fused-ring (bicyclic) bond motifs is 1. The molecule has 1 heterocycles. The van der Waals surface area contributed by atoms with E-state index in [2.05, 4.69) is 48.0 Å². The Balaban J connectivity index is 1.68. The van der Waals surface area contributed by atoms with Gasteiger partial charge in [0.25, 0.3) is 0 Å². The standard InChI is InChI=1S/C21H23N3O/c1-14-7-8-15(2)17(11-14)13-24-19-6-4-3-5-18(19)23-20(24)12-22-21(25)16-9-10-16/h3-8,11,16H,9-10,12-13H2,1-2H3,(H,22,25). The summed E-state index contributed by atoms with van der Waals surface area (Å²) in [7, 11) is 0. The molecule has 4 rings (SSSR count). The number of aryl methyl sites for hydroxylation is 2. The van der Waals surface area contributed by atoms with Gasteiger partial charge in [0.15, 0.2) is 0 Å². The summed E-state index contributed by atoms with van der Waals surface area (Å²) in [6.07, 6.45) is 2.04. The molecule has 3 aromatic rings. The van der Waals surface area contributed by atoms with E-state index in [1.165, 1.54) is 16.7 Å². The van der Waals surface area contributed by atoms with Crippen LogP contribution in [0.3, 0.4) is 0 Å². The first-order valence-electron chi connectivity index (χ1n) is 8.90. The van der Waals surface area contributed by atoms with Crippen molar-refractivity contribution in [2.75, 3.05) is 0 Å². The summed E-state index contributed by atoms with van der Waals surface area (Å²) in [5, 5.41) is 3.05. The summed E-state index contributed by atoms with van der Waals surface area (Å²) < 4.78 is 2.23. The van der Waals surface area contributed by atoms with E-state index in [1.54, 1.807) is 0 Å². The van der Waals surface area contributed by atoms with E-state index >= 15 is 0 Å². The van der Waals surface area contributed by atoms with Crippen LogP contribution in [0.15, 0.2) is 42.5 Å². The number of nitrogens with one attached hydrogen (secondary N) is 1. The second-order valence-electron chi connectivity index (χ2n) is 7.02. The van der Waals surface area contributed by atoms with E-state index in [0.29, 0.717) is 6.54 Å². The third kappa shape index (κ3) is 3.29. The zero-order chi connectivity index (χ0) is 17.4. The molecule has 1 fully saturated rings. The summed E-state index contributed by atoms with van der Waals surface area (Å²) in [6, 6.07) is 14.7. The molecule has 1 aliphatic carbocycles. The Bertz CT molecular complexity index is 937. The maximum Gasteiger partial charge on any atom is 0.223 e. The Labute approximate surface area is 147 Å². The van der Waals surface area contributed by atoms with Gasteiger partial charge in [-0.1, -0.05) is 35.9 Å². The molecule has 25 heavy (non-hydrogen) atoms. The summed E-state index contributed by atoms with van der Waals surface area (Å²) >= 11 is 0. The molecule has 4 nitrogen and oxygen atoms in total. The van der Waals surface area contributed by atoms with Crippen LogP contribution >= 0.6 is 0 Å². The van der Waals surface area contributed by atoms with E-state index in [4.69, 9.17) is 4.98 Å². The molecule has 1 amide bonds. The number of amides is 1. The van der Waals surface area contributed by atoms with E-state index in [-0.39, 0.29) is 11.8 Å². The smallest absolute Gasteiger partial charge is 0.223 e. The third-order valence-electron chi connectivity index (χ3n) is 4.94. The predicted octanol–water partition coefficient (Wildman–Crippen LogP) is 3.73. The van der Waals surface area contributed by atoms with Gasteiger partial charge < -0.3 is 9.88 Å². The van der Waals surface area contributed by atoms with Gasteiger partial charge in [-0.25, -0.2) is 4.98 Å². The number of hydrogen-bond acceptors (Lipinski definition) is 2. The molecule has 1 aliphatic rings. The second-order valence-corrected chi connectivity index (χ2v) is 7.02. The molecule has 0 unspecified atom stereocenters. The van der Waals surface area contributed by atoms with E-state index in [1.807, 2.05) is 18.2 Å². The van der Waals surface area contributed by atoms with Gasteiger partial charge in [0, 0.05) is 12.5 Å². The largest absolute Gasteiger partial charge is 0.349 e. The Morgan fingerprint density at radius 1 is 1.20 bits per heavy atom. The average molecular weight is 333 g/mol. The van der Waals surface area contributed by atoms with Crippen LogP contribution in [0.1, 0.15) is 35.4 Å². The van der Waals surface area contributed by atoms with Gasteiger partial charge in [-0.15, -0.1) is 0 Å². The number of para-hydroxylation sites is 2. The van der Waals surface area contributed by atoms with Gasteiger partial charge >= 0.3 is 0 Å². The van der Waals surface area contributed by atoms with E-state index in [0.717, 1.165) is 36.2 Å². The van der Waals surface area contributed by atoms with Gasteiger partial charge in [-0.05, 0) is 49.9 Å². The quantitative estimate of drug-likeness (QED) is 0.773. The minimum absolute atomic E-state index is 0.158. The van der Waals surface area contributed by atoms with Crippen molar-refractivity contribution in [1.29, 1.82) is 0 Å². The molecule has 1 N–H and O–H groups in total. The third-order valence-corrected chi connectivity index (χ3v) is 4.94. The first-order valence-corrected chi connectivity index (χ1v) is 8.90. The van der Waals surface area contributed by atoms with Gasteiger partial charge in [0.05, 0.1) is 17.6 Å². The number of aromatic nitrogens is 2. The van der Waals surface area contributed by atoms with Crippen LogP contribution in [0.2, 0.25) is 0 Å². The fourth-order valence-corrected chi connectivity index (χ4v) is 3.23. The lowest BCUT2D eigenvalue weighted by molar-refractivity contribution is -0.122. The number of benzene rings is 2. The molecule has 1 aromatic heterocycles. The van der Waals surface area contributed by atoms with E-state index in [9.17, 15) is 4.79 Å². The summed E-state index contributed by atoms with van der Waals surface area (Å²) in [6.45, 7) is 5.51. The lowest BCUT2D eigenvalue weighted by Crippen LogP contribution is -2.26. The minimum atomic E-state index is 0.158. The number of imidazole rings is 1. The van der Waals surface area contributed by atoms with Gasteiger partial charge in [0.1, 0.15) is 5.82 Å². The highest BCUT2D eigenvalue weighted by molar-refractivity contribution is 5.81. The maximum atomic E-state index is 12.0. The zero-order valence-corrected chi connectivity index (χ0v) is 14.7. The van der Waals surface area contributed by atoms with Crippen molar-refractivity contribution in [2.45, 2.75) is 39.8 Å². The van der Waals surface area contributed by atoms with Crippen LogP contribution < -0.4 is 5.32 Å². The molecule has 4 heteroatoms. The fraction of sp³-hybridized carbons (Fsp3) is 0.333. The molecule has 0 spiro atoms. The molecular weight excluding hydrogens is 310 g/mol. The average Bonchev–Trinajstić information content (AvgIpc) is 3.40. The van der Waals surface area contributed by atoms with Crippen molar-refractivity contribution >= 4 is 16.9 Å². The Morgan fingerprint density at radius 2 is 2.00 bits per heavy atom. The molecule has 1 saturated carbocycles. The monoisotopic (exact) mass is 333 g/mol. The van der Waals surface area contributed by atoms with Crippen LogP contribution in [0.25, 0.3) is 11.0 Å². The van der Waals surface area contributed by atoms with Gasteiger partial charge in [-0.3, -0.25) is 4.79 Å². The lowest BCUT2D eigenvalue weighted by atomic mass is 10.1. The minimum Gasteiger partial charge on any atom is -0.349 e. The fourth-order valence-electron chi connectivity index (χ4n) is 3.23. The maximum absolute atomic E-state index is 12.0. The van der Waals surface area contributed by atoms with Gasteiger partial charge in [-0.2, -0.15) is 0 Å². The van der Waals surface area contributed by atoms with Crippen molar-refractivity contribution in [2.24, 2.45) is 5.92 Å². The second kappa shape index (κ2) is 6.36. The van der Waals surface area contributed by atoms with E-state index < -0.39 is 0 Å². The summed E-state index contributed by atoms with van der Waals surface area (Å²) in [4.78, 5) is 16.8. The predicted molar refractivity (Wildman–Crippen MR) is 99.3 cm³/mol. The highest BCUT2D eigenvalue weighted by Crippen LogP contribution is 2.29. The summed E-state index contributed by atoms with van der Waals surface area (Å²) in [5.74, 6) is 1.29. The Hall–Kier alpha value is -2.62. The van der Waals surface area contributed by atoms with Crippen molar-refractivity contribution in [3.63, 3.8) is 0 Å².